The van der Waals surface area contributed by atoms with E-state index >= 15 is 0 Å². The van der Waals surface area contributed by atoms with Crippen LogP contribution in [-0.4, -0.2) is 41.9 Å². The Morgan fingerprint density at radius 2 is 1.88 bits per heavy atom. The van der Waals surface area contributed by atoms with Gasteiger partial charge in [-0.1, -0.05) is 12.1 Å². The van der Waals surface area contributed by atoms with Crippen LogP contribution in [0.25, 0.3) is 0 Å². The fourth-order valence-electron chi connectivity index (χ4n) is 3.41. The molecule has 1 amide bonds. The molecule has 2 aliphatic rings. The molecule has 4 nitrogen and oxygen atoms in total. The molecule has 2 heterocycles. The van der Waals surface area contributed by atoms with Crippen LogP contribution in [0.15, 0.2) is 29.3 Å². The lowest BCUT2D eigenvalue weighted by atomic mass is 9.71. The van der Waals surface area contributed by atoms with Crippen molar-refractivity contribution in [3.05, 3.63) is 33.4 Å². The van der Waals surface area contributed by atoms with E-state index < -0.39 is 5.60 Å². The molecule has 5 heteroatoms. The number of hydrogen-bond donors (Lipinski definition) is 0. The molecule has 0 spiro atoms. The summed E-state index contributed by atoms with van der Waals surface area (Å²) in [5.41, 5.74) is 1.08. The van der Waals surface area contributed by atoms with Crippen LogP contribution >= 0.6 is 22.6 Å². The van der Waals surface area contributed by atoms with Gasteiger partial charge in [0.25, 0.3) is 0 Å². The zero-order chi connectivity index (χ0) is 17.4. The van der Waals surface area contributed by atoms with Gasteiger partial charge in [0.1, 0.15) is 5.60 Å². The van der Waals surface area contributed by atoms with Crippen molar-refractivity contribution in [3.63, 3.8) is 0 Å². The van der Waals surface area contributed by atoms with E-state index in [2.05, 4.69) is 58.1 Å². The molecule has 1 aromatic carbocycles. The molecule has 1 fully saturated rings. The average molecular weight is 440 g/mol. The van der Waals surface area contributed by atoms with Crippen molar-refractivity contribution in [1.29, 1.82) is 0 Å². The number of rotatable bonds is 3. The Bertz CT molecular complexity index is 620. The normalized spacial score (nSPS) is 22.3. The Morgan fingerprint density at radius 3 is 2.38 bits per heavy atom. The van der Waals surface area contributed by atoms with Crippen LogP contribution in [0.4, 0.5) is 4.79 Å². The number of benzene rings is 1. The van der Waals surface area contributed by atoms with Gasteiger partial charge >= 0.3 is 6.09 Å². The standard InChI is InChI=1S/C19H25IN2O2/c1-18(2,3)24-17(23)22-10-8-19(9-11-22,16-13-21-16)12-14-4-6-15(20)7-5-14/h4-7,13,16H,8-12H2,1-3H3. The smallest absolute Gasteiger partial charge is 0.410 e. The predicted molar refractivity (Wildman–Crippen MR) is 105 cm³/mol. The lowest BCUT2D eigenvalue weighted by Gasteiger charge is -2.41. The van der Waals surface area contributed by atoms with E-state index in [9.17, 15) is 4.79 Å². The number of aliphatic imine (C=N–C) groups is 1. The van der Waals surface area contributed by atoms with Crippen LogP contribution in [0.2, 0.25) is 0 Å². The van der Waals surface area contributed by atoms with E-state index in [4.69, 9.17) is 4.74 Å². The lowest BCUT2D eigenvalue weighted by Crippen LogP contribution is -2.48. The van der Waals surface area contributed by atoms with Crippen molar-refractivity contribution < 1.29 is 9.53 Å². The number of ether oxygens (including phenoxy) is 1. The van der Waals surface area contributed by atoms with Gasteiger partial charge < -0.3 is 9.64 Å². The molecule has 1 saturated heterocycles. The third-order valence-corrected chi connectivity index (χ3v) is 5.53. The molecule has 1 unspecified atom stereocenters. The van der Waals surface area contributed by atoms with Crippen LogP contribution in [0.1, 0.15) is 39.2 Å². The van der Waals surface area contributed by atoms with Gasteiger partial charge in [-0.15, -0.1) is 0 Å². The minimum absolute atomic E-state index is 0.158. The number of carbonyl (C=O) groups excluding carboxylic acids is 1. The summed E-state index contributed by atoms with van der Waals surface area (Å²) in [6.07, 6.45) is 4.85. The monoisotopic (exact) mass is 440 g/mol. The van der Waals surface area contributed by atoms with Gasteiger partial charge in [-0.05, 0) is 80.3 Å². The maximum absolute atomic E-state index is 12.3. The summed E-state index contributed by atoms with van der Waals surface area (Å²) in [5.74, 6) is 0. The minimum atomic E-state index is -0.438. The zero-order valence-electron chi connectivity index (χ0n) is 14.6. The topological polar surface area (TPSA) is 41.9 Å². The van der Waals surface area contributed by atoms with Gasteiger partial charge in [-0.3, -0.25) is 4.99 Å². The van der Waals surface area contributed by atoms with Crippen LogP contribution in [0.3, 0.4) is 0 Å². The summed E-state index contributed by atoms with van der Waals surface area (Å²) in [4.78, 5) is 18.6. The van der Waals surface area contributed by atoms with Gasteiger partial charge in [-0.2, -0.15) is 0 Å². The van der Waals surface area contributed by atoms with Crippen molar-refractivity contribution in [2.75, 3.05) is 13.1 Å². The fraction of sp³-hybridized carbons (Fsp3) is 0.579. The highest BCUT2D eigenvalue weighted by molar-refractivity contribution is 14.1. The third-order valence-electron chi connectivity index (χ3n) is 4.81. The van der Waals surface area contributed by atoms with Crippen molar-refractivity contribution in [1.82, 2.24) is 4.90 Å². The SMILES string of the molecule is CC(C)(C)OC(=O)N1CCC(Cc2ccc(I)cc2)(C2C=N2)CC1. The van der Waals surface area contributed by atoms with Crippen molar-refractivity contribution in [3.8, 4) is 0 Å². The molecule has 0 aromatic heterocycles. The first-order chi connectivity index (χ1) is 11.3. The van der Waals surface area contributed by atoms with Crippen LogP contribution in [-0.2, 0) is 11.2 Å². The number of nitrogens with zero attached hydrogens (tertiary/aromatic N) is 2. The number of likely N-dealkylation sites (tertiary alicyclic amines) is 1. The molecule has 0 aliphatic carbocycles. The Kier molecular flexibility index (Phi) is 4.91. The van der Waals surface area contributed by atoms with Gasteiger partial charge in [0.2, 0.25) is 0 Å². The summed E-state index contributed by atoms with van der Waals surface area (Å²) in [7, 11) is 0. The molecule has 2 aliphatic heterocycles. The van der Waals surface area contributed by atoms with E-state index in [-0.39, 0.29) is 11.5 Å². The molecule has 130 valence electrons. The second-order valence-corrected chi connectivity index (χ2v) is 9.12. The largest absolute Gasteiger partial charge is 0.444 e. The van der Waals surface area contributed by atoms with Crippen molar-refractivity contribution in [2.24, 2.45) is 10.4 Å². The van der Waals surface area contributed by atoms with E-state index in [0.29, 0.717) is 6.04 Å². The highest BCUT2D eigenvalue weighted by Gasteiger charge is 2.45. The maximum atomic E-state index is 12.3. The summed E-state index contributed by atoms with van der Waals surface area (Å²) < 4.78 is 6.77. The van der Waals surface area contributed by atoms with Gasteiger partial charge in [0.05, 0.1) is 6.04 Å². The molecule has 0 N–H and O–H groups in total. The van der Waals surface area contributed by atoms with E-state index in [1.54, 1.807) is 0 Å². The second kappa shape index (κ2) is 6.65. The Morgan fingerprint density at radius 1 is 1.29 bits per heavy atom. The summed E-state index contributed by atoms with van der Waals surface area (Å²) in [6.45, 7) is 7.23. The summed E-state index contributed by atoms with van der Waals surface area (Å²) in [6, 6.07) is 9.09. The molecular formula is C19H25IN2O2. The summed E-state index contributed by atoms with van der Waals surface area (Å²) >= 11 is 2.33. The highest BCUT2D eigenvalue weighted by Crippen LogP contribution is 2.43. The van der Waals surface area contributed by atoms with Crippen molar-refractivity contribution in [2.45, 2.75) is 51.7 Å². The number of amides is 1. The molecule has 24 heavy (non-hydrogen) atoms. The zero-order valence-corrected chi connectivity index (χ0v) is 16.7. The lowest BCUT2D eigenvalue weighted by molar-refractivity contribution is 0.0103. The number of carbonyl (C=O) groups is 1. The van der Waals surface area contributed by atoms with Crippen LogP contribution in [0, 0.1) is 8.99 Å². The first-order valence-corrected chi connectivity index (χ1v) is 9.61. The van der Waals surface area contributed by atoms with Gasteiger partial charge in [0, 0.05) is 28.3 Å². The molecule has 1 atom stereocenters. The van der Waals surface area contributed by atoms with E-state index in [1.165, 1.54) is 9.13 Å². The second-order valence-electron chi connectivity index (χ2n) is 7.88. The first kappa shape index (κ1) is 17.7. The maximum Gasteiger partial charge on any atom is 0.410 e. The average Bonchev–Trinajstić information content (AvgIpc) is 3.34. The minimum Gasteiger partial charge on any atom is -0.444 e. The molecule has 0 radical (unpaired) electrons. The number of piperidine rings is 1. The molecule has 3 rings (SSSR count). The van der Waals surface area contributed by atoms with Gasteiger partial charge in [0.15, 0.2) is 0 Å². The van der Waals surface area contributed by atoms with Crippen LogP contribution in [0.5, 0.6) is 0 Å². The van der Waals surface area contributed by atoms with Gasteiger partial charge in [-0.25, -0.2) is 4.79 Å². The third kappa shape index (κ3) is 4.29. The van der Waals surface area contributed by atoms with Crippen molar-refractivity contribution >= 4 is 34.9 Å². The quantitative estimate of drug-likeness (QED) is 0.658. The Balaban J connectivity index is 1.64. The van der Waals surface area contributed by atoms with E-state index in [0.717, 1.165) is 32.4 Å². The molecule has 0 saturated carbocycles. The van der Waals surface area contributed by atoms with E-state index in [1.807, 2.05) is 25.7 Å². The molecular weight excluding hydrogens is 415 g/mol. The predicted octanol–water partition coefficient (Wildman–Crippen LogP) is 4.30. The number of halogens is 1. The number of hydrogen-bond acceptors (Lipinski definition) is 3. The van der Waals surface area contributed by atoms with Crippen LogP contribution < -0.4 is 0 Å². The first-order valence-electron chi connectivity index (χ1n) is 8.53. The molecule has 0 bridgehead atoms. The molecule has 1 aromatic rings. The Labute approximate surface area is 157 Å². The summed E-state index contributed by atoms with van der Waals surface area (Å²) in [5, 5.41) is 0. The highest BCUT2D eigenvalue weighted by atomic mass is 127. The fourth-order valence-corrected chi connectivity index (χ4v) is 3.77. The Hall–Kier alpha value is -1.11.